The van der Waals surface area contributed by atoms with Crippen LogP contribution in [0, 0.1) is 17.6 Å². The first-order valence-electron chi connectivity index (χ1n) is 7.45. The van der Waals surface area contributed by atoms with Crippen molar-refractivity contribution in [3.63, 3.8) is 0 Å². The minimum atomic E-state index is -3.48. The SMILES string of the molecule is CC(CCc1ccc(F)c(F)c1)NS(=O)(=O)N(C)CC1CC1. The Morgan fingerprint density at radius 3 is 2.59 bits per heavy atom. The first kappa shape index (κ1) is 17.3. The van der Waals surface area contributed by atoms with Gasteiger partial charge in [-0.2, -0.15) is 17.4 Å². The highest BCUT2D eigenvalue weighted by molar-refractivity contribution is 7.87. The number of benzene rings is 1. The molecule has 2 rings (SSSR count). The van der Waals surface area contributed by atoms with Gasteiger partial charge in [0, 0.05) is 19.6 Å². The van der Waals surface area contributed by atoms with Crippen molar-refractivity contribution in [3.8, 4) is 0 Å². The number of hydrogen-bond acceptors (Lipinski definition) is 2. The molecule has 22 heavy (non-hydrogen) atoms. The lowest BCUT2D eigenvalue weighted by molar-refractivity contribution is 0.432. The van der Waals surface area contributed by atoms with Crippen LogP contribution < -0.4 is 4.72 Å². The fraction of sp³-hybridized carbons (Fsp3) is 0.600. The highest BCUT2D eigenvalue weighted by atomic mass is 32.2. The van der Waals surface area contributed by atoms with Gasteiger partial charge in [0.05, 0.1) is 0 Å². The first-order chi connectivity index (χ1) is 10.3. The van der Waals surface area contributed by atoms with E-state index < -0.39 is 21.8 Å². The van der Waals surface area contributed by atoms with Gasteiger partial charge in [0.1, 0.15) is 0 Å². The summed E-state index contributed by atoms with van der Waals surface area (Å²) in [5.41, 5.74) is 0.649. The Morgan fingerprint density at radius 1 is 1.32 bits per heavy atom. The van der Waals surface area contributed by atoms with Gasteiger partial charge in [0.15, 0.2) is 11.6 Å². The largest absolute Gasteiger partial charge is 0.279 e. The van der Waals surface area contributed by atoms with Gasteiger partial charge in [-0.05, 0) is 56.2 Å². The van der Waals surface area contributed by atoms with Gasteiger partial charge in [-0.3, -0.25) is 0 Å². The Bertz CT molecular complexity index is 618. The summed E-state index contributed by atoms with van der Waals surface area (Å²) in [6, 6.07) is 3.47. The van der Waals surface area contributed by atoms with E-state index in [0.29, 0.717) is 30.9 Å². The molecule has 0 heterocycles. The van der Waals surface area contributed by atoms with E-state index in [1.54, 1.807) is 14.0 Å². The average Bonchev–Trinajstić information content (AvgIpc) is 3.23. The number of hydrogen-bond donors (Lipinski definition) is 1. The van der Waals surface area contributed by atoms with Gasteiger partial charge in [-0.15, -0.1) is 0 Å². The van der Waals surface area contributed by atoms with Crippen molar-refractivity contribution >= 4 is 10.2 Å². The average molecular weight is 332 g/mol. The summed E-state index contributed by atoms with van der Waals surface area (Å²) in [6.07, 6.45) is 3.17. The summed E-state index contributed by atoms with van der Waals surface area (Å²) in [5.74, 6) is -1.27. The van der Waals surface area contributed by atoms with Crippen molar-refractivity contribution in [3.05, 3.63) is 35.4 Å². The third-order valence-corrected chi connectivity index (χ3v) is 5.49. The second-order valence-electron chi connectivity index (χ2n) is 6.03. The van der Waals surface area contributed by atoms with Gasteiger partial charge in [-0.1, -0.05) is 6.07 Å². The minimum Gasteiger partial charge on any atom is -0.204 e. The molecule has 4 nitrogen and oxygen atoms in total. The van der Waals surface area contributed by atoms with E-state index >= 15 is 0 Å². The fourth-order valence-electron chi connectivity index (χ4n) is 2.24. The molecule has 1 aromatic carbocycles. The second-order valence-corrected chi connectivity index (χ2v) is 7.84. The zero-order chi connectivity index (χ0) is 16.3. The highest BCUT2D eigenvalue weighted by Gasteiger charge is 2.28. The van der Waals surface area contributed by atoms with E-state index in [0.717, 1.165) is 25.0 Å². The maximum absolute atomic E-state index is 13.1. The smallest absolute Gasteiger partial charge is 0.204 e. The summed E-state index contributed by atoms with van der Waals surface area (Å²) in [5, 5.41) is 0. The summed E-state index contributed by atoms with van der Waals surface area (Å²) in [6.45, 7) is 2.31. The lowest BCUT2D eigenvalue weighted by Gasteiger charge is -2.21. The van der Waals surface area contributed by atoms with Crippen LogP contribution in [0.5, 0.6) is 0 Å². The summed E-state index contributed by atoms with van der Waals surface area (Å²) >= 11 is 0. The minimum absolute atomic E-state index is 0.278. The van der Waals surface area contributed by atoms with Gasteiger partial charge < -0.3 is 0 Å². The number of rotatable bonds is 8. The predicted molar refractivity (Wildman–Crippen MR) is 81.6 cm³/mol. The number of nitrogens with one attached hydrogen (secondary N) is 1. The maximum Gasteiger partial charge on any atom is 0.279 e. The van der Waals surface area contributed by atoms with Crippen molar-refractivity contribution in [2.75, 3.05) is 13.6 Å². The molecule has 1 unspecified atom stereocenters. The molecule has 0 radical (unpaired) electrons. The van der Waals surface area contributed by atoms with Crippen molar-refractivity contribution in [1.29, 1.82) is 0 Å². The van der Waals surface area contributed by atoms with Crippen LogP contribution in [-0.2, 0) is 16.6 Å². The zero-order valence-corrected chi connectivity index (χ0v) is 13.7. The van der Waals surface area contributed by atoms with E-state index in [1.165, 1.54) is 10.4 Å². The monoisotopic (exact) mass is 332 g/mol. The Balaban J connectivity index is 1.83. The lowest BCUT2D eigenvalue weighted by atomic mass is 10.1. The van der Waals surface area contributed by atoms with Crippen LogP contribution in [0.15, 0.2) is 18.2 Å². The van der Waals surface area contributed by atoms with Crippen molar-refractivity contribution in [2.45, 2.75) is 38.6 Å². The zero-order valence-electron chi connectivity index (χ0n) is 12.9. The molecule has 0 spiro atoms. The van der Waals surface area contributed by atoms with E-state index in [2.05, 4.69) is 4.72 Å². The topological polar surface area (TPSA) is 49.4 Å². The van der Waals surface area contributed by atoms with Crippen LogP contribution in [0.4, 0.5) is 8.78 Å². The van der Waals surface area contributed by atoms with Gasteiger partial charge in [0.25, 0.3) is 10.2 Å². The Morgan fingerprint density at radius 2 is 2.00 bits per heavy atom. The standard InChI is InChI=1S/C15H22F2N2O2S/c1-11(3-4-12-7-8-14(16)15(17)9-12)18-22(20,21)19(2)10-13-5-6-13/h7-9,11,13,18H,3-6,10H2,1-2H3. The van der Waals surface area contributed by atoms with Crippen LogP contribution in [0.2, 0.25) is 0 Å². The quantitative estimate of drug-likeness (QED) is 0.795. The molecular formula is C15H22F2N2O2S. The summed E-state index contributed by atoms with van der Waals surface area (Å²) < 4.78 is 54.2. The molecule has 0 saturated heterocycles. The molecule has 0 aliphatic heterocycles. The number of aryl methyl sites for hydroxylation is 1. The fourth-order valence-corrected chi connectivity index (χ4v) is 3.46. The Labute approximate surface area is 130 Å². The van der Waals surface area contributed by atoms with Crippen LogP contribution in [0.3, 0.4) is 0 Å². The molecule has 1 N–H and O–H groups in total. The van der Waals surface area contributed by atoms with E-state index in [9.17, 15) is 17.2 Å². The molecule has 0 aromatic heterocycles. The normalized spacial score (nSPS) is 17.0. The molecule has 124 valence electrons. The number of nitrogens with zero attached hydrogens (tertiary/aromatic N) is 1. The molecule has 0 bridgehead atoms. The van der Waals surface area contributed by atoms with E-state index in [4.69, 9.17) is 0 Å². The third-order valence-electron chi connectivity index (χ3n) is 3.82. The van der Waals surface area contributed by atoms with E-state index in [1.807, 2.05) is 0 Å². The molecule has 7 heteroatoms. The van der Waals surface area contributed by atoms with Crippen LogP contribution in [-0.4, -0.2) is 32.4 Å². The van der Waals surface area contributed by atoms with Gasteiger partial charge >= 0.3 is 0 Å². The maximum atomic E-state index is 13.1. The Hall–Kier alpha value is -1.05. The summed E-state index contributed by atoms with van der Waals surface area (Å²) in [7, 11) is -1.91. The molecular weight excluding hydrogens is 310 g/mol. The molecule has 1 atom stereocenters. The Kier molecular flexibility index (Phi) is 5.52. The first-order valence-corrected chi connectivity index (χ1v) is 8.89. The number of halogens is 2. The van der Waals surface area contributed by atoms with Crippen molar-refractivity contribution in [2.24, 2.45) is 5.92 Å². The second kappa shape index (κ2) is 7.02. The molecule has 1 fully saturated rings. The van der Waals surface area contributed by atoms with Crippen molar-refractivity contribution in [1.82, 2.24) is 9.03 Å². The molecule has 1 aliphatic carbocycles. The van der Waals surface area contributed by atoms with Crippen LogP contribution in [0.25, 0.3) is 0 Å². The molecule has 1 aliphatic rings. The molecule has 1 saturated carbocycles. The van der Waals surface area contributed by atoms with Crippen LogP contribution in [0.1, 0.15) is 31.7 Å². The van der Waals surface area contributed by atoms with Gasteiger partial charge in [0.2, 0.25) is 0 Å². The molecule has 0 amide bonds. The highest BCUT2D eigenvalue weighted by Crippen LogP contribution is 2.29. The van der Waals surface area contributed by atoms with Crippen molar-refractivity contribution < 1.29 is 17.2 Å². The van der Waals surface area contributed by atoms with Gasteiger partial charge in [-0.25, -0.2) is 8.78 Å². The third kappa shape index (κ3) is 5.00. The predicted octanol–water partition coefficient (Wildman–Crippen LogP) is 2.46. The summed E-state index contributed by atoms with van der Waals surface area (Å²) in [4.78, 5) is 0. The van der Waals surface area contributed by atoms with E-state index in [-0.39, 0.29) is 6.04 Å². The lowest BCUT2D eigenvalue weighted by Crippen LogP contribution is -2.43. The van der Waals surface area contributed by atoms with Crippen LogP contribution >= 0.6 is 0 Å². The molecule has 1 aromatic rings.